The van der Waals surface area contributed by atoms with Gasteiger partial charge in [0.05, 0.1) is 23.9 Å². The third kappa shape index (κ3) is 4.15. The maximum Gasteiger partial charge on any atom is 0.351 e. The summed E-state index contributed by atoms with van der Waals surface area (Å²) in [5.74, 6) is -1.39. The zero-order chi connectivity index (χ0) is 25.4. The maximum absolute atomic E-state index is 14.3. The van der Waals surface area contributed by atoms with E-state index in [1.165, 1.54) is 29.0 Å². The van der Waals surface area contributed by atoms with Crippen LogP contribution in [0, 0.1) is 23.0 Å². The van der Waals surface area contributed by atoms with Crippen molar-refractivity contribution in [2.45, 2.75) is 12.5 Å². The molecule has 0 unspecified atom stereocenters. The lowest BCUT2D eigenvalue weighted by Gasteiger charge is -2.37. The normalized spacial score (nSPS) is 17.5. The summed E-state index contributed by atoms with van der Waals surface area (Å²) < 4.78 is 30.4. The summed E-state index contributed by atoms with van der Waals surface area (Å²) >= 11 is 0. The second-order valence-corrected chi connectivity index (χ2v) is 8.31. The smallest absolute Gasteiger partial charge is 0.337 e. The van der Waals surface area contributed by atoms with Crippen molar-refractivity contribution < 1.29 is 13.6 Å². The molecule has 0 spiro atoms. The van der Waals surface area contributed by atoms with E-state index in [0.29, 0.717) is 38.2 Å². The molecule has 2 aliphatic rings. The van der Waals surface area contributed by atoms with Crippen LogP contribution in [0.3, 0.4) is 0 Å². The molecule has 0 N–H and O–H groups in total. The number of amides is 2. The molecule has 2 amide bonds. The molecule has 14 heteroatoms. The maximum atomic E-state index is 14.3. The highest BCUT2D eigenvalue weighted by atomic mass is 19.1. The molecule has 1 fully saturated rings. The molecule has 1 saturated heterocycles. The van der Waals surface area contributed by atoms with Crippen LogP contribution in [0.4, 0.5) is 19.5 Å². The predicted molar refractivity (Wildman–Crippen MR) is 122 cm³/mol. The predicted octanol–water partition coefficient (Wildman–Crippen LogP) is 1.19. The Balaban J connectivity index is 1.29. The number of aromatic nitrogens is 5. The van der Waals surface area contributed by atoms with Crippen LogP contribution in [-0.2, 0) is 7.05 Å². The number of carbonyl (C=O) groups excluding carboxylic acids is 1. The highest BCUT2D eigenvalue weighted by molar-refractivity contribution is 5.78. The number of halogens is 2. The number of benzene rings is 1. The van der Waals surface area contributed by atoms with Gasteiger partial charge in [0.15, 0.2) is 11.6 Å². The molecule has 5 rings (SSSR count). The fourth-order valence-electron chi connectivity index (χ4n) is 4.16. The van der Waals surface area contributed by atoms with Gasteiger partial charge < -0.3 is 9.80 Å². The minimum atomic E-state index is -0.789. The topological polar surface area (TPSA) is 129 Å². The fourth-order valence-corrected chi connectivity index (χ4v) is 4.16. The van der Waals surface area contributed by atoms with Crippen LogP contribution >= 0.6 is 0 Å². The van der Waals surface area contributed by atoms with Gasteiger partial charge in [0.25, 0.3) is 0 Å². The molecule has 36 heavy (non-hydrogen) atoms. The first-order valence-corrected chi connectivity index (χ1v) is 11.1. The largest absolute Gasteiger partial charge is 0.351 e. The van der Waals surface area contributed by atoms with Crippen molar-refractivity contribution >= 4 is 18.2 Å². The Hall–Kier alpha value is -4.67. The zero-order valence-corrected chi connectivity index (χ0v) is 19.1. The van der Waals surface area contributed by atoms with E-state index in [9.17, 15) is 18.4 Å². The molecule has 184 valence electrons. The van der Waals surface area contributed by atoms with Gasteiger partial charge in [-0.05, 0) is 23.8 Å². The number of nitriles is 1. The van der Waals surface area contributed by atoms with E-state index in [2.05, 4.69) is 20.2 Å². The van der Waals surface area contributed by atoms with Gasteiger partial charge in [-0.25, -0.2) is 28.4 Å². The number of anilines is 1. The van der Waals surface area contributed by atoms with Crippen molar-refractivity contribution in [1.29, 1.82) is 5.26 Å². The van der Waals surface area contributed by atoms with E-state index < -0.39 is 23.4 Å². The quantitative estimate of drug-likeness (QED) is 0.535. The molecule has 0 radical (unpaired) electrons. The summed E-state index contributed by atoms with van der Waals surface area (Å²) in [6.45, 7) is 1.33. The average molecular weight is 494 g/mol. The van der Waals surface area contributed by atoms with Crippen molar-refractivity contribution in [1.82, 2.24) is 34.2 Å². The number of urea groups is 1. The van der Waals surface area contributed by atoms with E-state index in [-0.39, 0.29) is 23.4 Å². The Morgan fingerprint density at radius 2 is 1.94 bits per heavy atom. The molecular weight excluding hydrogens is 474 g/mol. The number of piperazine rings is 1. The summed E-state index contributed by atoms with van der Waals surface area (Å²) in [7, 11) is 1.49. The van der Waals surface area contributed by atoms with Gasteiger partial charge in [-0.15, -0.1) is 0 Å². The molecular formula is C22H20F2N10O2. The van der Waals surface area contributed by atoms with Gasteiger partial charge in [0.2, 0.25) is 5.95 Å². The van der Waals surface area contributed by atoms with Gasteiger partial charge in [-0.2, -0.15) is 25.1 Å². The van der Waals surface area contributed by atoms with Gasteiger partial charge in [-0.3, -0.25) is 4.57 Å². The van der Waals surface area contributed by atoms with E-state index in [0.717, 1.165) is 16.9 Å². The minimum Gasteiger partial charge on any atom is -0.337 e. The monoisotopic (exact) mass is 494 g/mol. The van der Waals surface area contributed by atoms with Crippen LogP contribution < -0.4 is 10.6 Å². The lowest BCUT2D eigenvalue weighted by atomic mass is 10.0. The number of hydrazone groups is 1. The van der Waals surface area contributed by atoms with Gasteiger partial charge in [-0.1, -0.05) is 0 Å². The highest BCUT2D eigenvalue weighted by Gasteiger charge is 2.34. The van der Waals surface area contributed by atoms with Crippen molar-refractivity contribution in [2.24, 2.45) is 12.1 Å². The lowest BCUT2D eigenvalue weighted by Crippen LogP contribution is -2.52. The molecule has 1 atom stereocenters. The van der Waals surface area contributed by atoms with E-state index in [4.69, 9.17) is 5.26 Å². The second kappa shape index (κ2) is 9.17. The average Bonchev–Trinajstić information content (AvgIpc) is 3.51. The SMILES string of the molecule is Cn1cnn(-c2nc(N3CCN(C(=O)N4N=CC[C@H]4c4cc(F)cc(C#N)c4)CC3)ncc2F)c1=O. The second-order valence-electron chi connectivity index (χ2n) is 8.31. The Kier molecular flexibility index (Phi) is 5.88. The van der Waals surface area contributed by atoms with E-state index >= 15 is 0 Å². The summed E-state index contributed by atoms with van der Waals surface area (Å²) in [5.41, 5.74) is 0.118. The first-order chi connectivity index (χ1) is 17.4. The van der Waals surface area contributed by atoms with Crippen molar-refractivity contribution in [3.8, 4) is 11.9 Å². The minimum absolute atomic E-state index is 0.171. The molecule has 3 aromatic rings. The molecule has 1 aromatic carbocycles. The van der Waals surface area contributed by atoms with Gasteiger partial charge in [0, 0.05) is 45.9 Å². The van der Waals surface area contributed by atoms with Crippen molar-refractivity contribution in [2.75, 3.05) is 31.1 Å². The summed E-state index contributed by atoms with van der Waals surface area (Å²) in [6, 6.07) is 5.05. The molecule has 0 bridgehead atoms. The number of rotatable bonds is 3. The number of hydrogen-bond donors (Lipinski definition) is 0. The first kappa shape index (κ1) is 23.1. The van der Waals surface area contributed by atoms with Gasteiger partial charge >= 0.3 is 11.7 Å². The van der Waals surface area contributed by atoms with Crippen LogP contribution in [0.5, 0.6) is 0 Å². The summed E-state index contributed by atoms with van der Waals surface area (Å²) in [4.78, 5) is 37.0. The third-order valence-corrected chi connectivity index (χ3v) is 6.03. The molecule has 2 aliphatic heterocycles. The lowest BCUT2D eigenvalue weighted by molar-refractivity contribution is 0.139. The van der Waals surface area contributed by atoms with Crippen LogP contribution in [0.15, 0.2) is 40.6 Å². The standard InChI is InChI=1S/C22H20F2N10O2/c1-30-13-28-34(21(30)35)19-17(24)12-26-20(29-19)31-4-6-32(7-5-31)22(36)33-18(2-3-27-33)15-8-14(11-25)9-16(23)10-15/h3,8-10,12-13,18H,2,4-7H2,1H3/t18-/m0/s1. The Bertz CT molecular complexity index is 1450. The number of carbonyl (C=O) groups is 1. The van der Waals surface area contributed by atoms with Crippen LogP contribution in [0.2, 0.25) is 0 Å². The number of nitrogens with zero attached hydrogens (tertiary/aromatic N) is 10. The summed E-state index contributed by atoms with van der Waals surface area (Å²) in [5, 5.41) is 18.5. The molecule has 4 heterocycles. The Labute approximate surface area is 203 Å². The molecule has 2 aromatic heterocycles. The third-order valence-electron chi connectivity index (χ3n) is 6.03. The molecule has 0 aliphatic carbocycles. The zero-order valence-electron chi connectivity index (χ0n) is 19.1. The highest BCUT2D eigenvalue weighted by Crippen LogP contribution is 2.30. The molecule has 12 nitrogen and oxygen atoms in total. The van der Waals surface area contributed by atoms with Crippen LogP contribution in [0.1, 0.15) is 23.6 Å². The van der Waals surface area contributed by atoms with Gasteiger partial charge in [0.1, 0.15) is 12.1 Å². The van der Waals surface area contributed by atoms with Crippen molar-refractivity contribution in [3.05, 3.63) is 64.0 Å². The Morgan fingerprint density at radius 3 is 2.64 bits per heavy atom. The Morgan fingerprint density at radius 1 is 1.17 bits per heavy atom. The van der Waals surface area contributed by atoms with E-state index in [1.807, 2.05) is 6.07 Å². The molecule has 0 saturated carbocycles. The summed E-state index contributed by atoms with van der Waals surface area (Å²) in [6.07, 6.45) is 4.23. The van der Waals surface area contributed by atoms with E-state index in [1.54, 1.807) is 22.1 Å². The van der Waals surface area contributed by atoms with Crippen LogP contribution in [-0.4, -0.2) is 72.6 Å². The number of hydrogen-bond acceptors (Lipinski definition) is 8. The van der Waals surface area contributed by atoms with Crippen molar-refractivity contribution in [3.63, 3.8) is 0 Å². The fraction of sp³-hybridized carbons (Fsp3) is 0.318. The van der Waals surface area contributed by atoms with Crippen LogP contribution in [0.25, 0.3) is 5.82 Å². The first-order valence-electron chi connectivity index (χ1n) is 11.1. The number of aryl methyl sites for hydroxylation is 1.